The van der Waals surface area contributed by atoms with Crippen molar-refractivity contribution in [3.8, 4) is 0 Å². The molecule has 0 atom stereocenters. The summed E-state index contributed by atoms with van der Waals surface area (Å²) in [5.41, 5.74) is 2.28. The molecule has 2 saturated heterocycles. The van der Waals surface area contributed by atoms with Crippen LogP contribution in [0.1, 0.15) is 11.1 Å². The van der Waals surface area contributed by atoms with Crippen molar-refractivity contribution in [1.29, 1.82) is 0 Å². The van der Waals surface area contributed by atoms with Gasteiger partial charge in [-0.05, 0) is 48.5 Å². The van der Waals surface area contributed by atoms with Gasteiger partial charge in [0.1, 0.15) is 6.54 Å². The van der Waals surface area contributed by atoms with Crippen LogP contribution in [0.5, 0.6) is 0 Å². The summed E-state index contributed by atoms with van der Waals surface area (Å²) in [5.74, 6) is -1.20. The number of non-ortho nitro benzene ring substituents is 1. The second-order valence-corrected chi connectivity index (χ2v) is 9.28. The largest absolute Gasteiger partial charge is 0.378 e. The SMILES string of the molecule is Cc1ccc(NC(=O)CN2C(=O)S/C(=C\c3cc([N+](=O)[O-])ccc3N3CCOCC3)C2=O)cc1Cl. The molecule has 0 saturated carbocycles. The van der Waals surface area contributed by atoms with Gasteiger partial charge in [0.15, 0.2) is 0 Å². The summed E-state index contributed by atoms with van der Waals surface area (Å²) in [6.07, 6.45) is 1.46. The van der Waals surface area contributed by atoms with Crippen molar-refractivity contribution in [2.75, 3.05) is 43.1 Å². The summed E-state index contributed by atoms with van der Waals surface area (Å²) in [5, 5.41) is 13.8. The zero-order chi connectivity index (χ0) is 25.1. The molecule has 0 spiro atoms. The van der Waals surface area contributed by atoms with Crippen LogP contribution in [0.3, 0.4) is 0 Å². The highest BCUT2D eigenvalue weighted by Crippen LogP contribution is 2.35. The molecule has 10 nitrogen and oxygen atoms in total. The number of nitrogens with one attached hydrogen (secondary N) is 1. The van der Waals surface area contributed by atoms with E-state index in [-0.39, 0.29) is 10.6 Å². The van der Waals surface area contributed by atoms with Gasteiger partial charge in [0.25, 0.3) is 16.8 Å². The smallest absolute Gasteiger partial charge is 0.294 e. The number of imide groups is 1. The number of benzene rings is 2. The number of nitro groups is 1. The van der Waals surface area contributed by atoms with Crippen molar-refractivity contribution >= 4 is 63.6 Å². The van der Waals surface area contributed by atoms with E-state index in [2.05, 4.69) is 5.32 Å². The van der Waals surface area contributed by atoms with Gasteiger partial charge in [-0.15, -0.1) is 0 Å². The quantitative estimate of drug-likeness (QED) is 0.346. The lowest BCUT2D eigenvalue weighted by Gasteiger charge is -2.30. The van der Waals surface area contributed by atoms with Crippen molar-refractivity contribution in [1.82, 2.24) is 4.90 Å². The molecule has 12 heteroatoms. The molecule has 2 heterocycles. The van der Waals surface area contributed by atoms with Crippen molar-refractivity contribution in [2.24, 2.45) is 0 Å². The minimum Gasteiger partial charge on any atom is -0.378 e. The number of carbonyl (C=O) groups excluding carboxylic acids is 3. The maximum atomic E-state index is 13.0. The average Bonchev–Trinajstić information content (AvgIpc) is 3.09. The van der Waals surface area contributed by atoms with Crippen molar-refractivity contribution in [3.05, 3.63) is 67.6 Å². The Hall–Kier alpha value is -3.41. The third-order valence-corrected chi connectivity index (χ3v) is 6.81. The molecule has 0 bridgehead atoms. The van der Waals surface area contributed by atoms with Crippen LogP contribution < -0.4 is 10.2 Å². The highest BCUT2D eigenvalue weighted by atomic mass is 35.5. The van der Waals surface area contributed by atoms with Gasteiger partial charge in [0.2, 0.25) is 5.91 Å². The Morgan fingerprint density at radius 2 is 1.97 bits per heavy atom. The Morgan fingerprint density at radius 3 is 2.66 bits per heavy atom. The van der Waals surface area contributed by atoms with E-state index in [9.17, 15) is 24.5 Å². The zero-order valence-electron chi connectivity index (χ0n) is 18.7. The number of hydrogen-bond acceptors (Lipinski definition) is 8. The molecule has 2 aliphatic heterocycles. The standard InChI is InChI=1S/C23H21ClN4O6S/c1-14-2-3-16(12-18(14)24)25-21(29)13-27-22(30)20(35-23(27)31)11-15-10-17(28(32)33)4-5-19(15)26-6-8-34-9-7-26/h2-5,10-12H,6-9,13H2,1H3,(H,25,29)/b20-11-. The molecule has 3 amide bonds. The van der Waals surface area contributed by atoms with E-state index in [1.165, 1.54) is 18.2 Å². The van der Waals surface area contributed by atoms with Gasteiger partial charge in [-0.2, -0.15) is 0 Å². The minimum absolute atomic E-state index is 0.0798. The Morgan fingerprint density at radius 1 is 1.23 bits per heavy atom. The predicted octanol–water partition coefficient (Wildman–Crippen LogP) is 4.07. The molecule has 2 fully saturated rings. The fourth-order valence-electron chi connectivity index (χ4n) is 3.66. The van der Waals surface area contributed by atoms with Crippen LogP contribution in [0.15, 0.2) is 41.3 Å². The number of morpholine rings is 1. The van der Waals surface area contributed by atoms with Crippen LogP contribution in [0.2, 0.25) is 5.02 Å². The van der Waals surface area contributed by atoms with Gasteiger partial charge in [0.05, 0.1) is 23.0 Å². The Bertz CT molecular complexity index is 1240. The molecule has 2 aromatic carbocycles. The van der Waals surface area contributed by atoms with E-state index in [1.54, 1.807) is 24.3 Å². The first-order valence-corrected chi connectivity index (χ1v) is 11.8. The second-order valence-electron chi connectivity index (χ2n) is 7.88. The molecule has 2 aliphatic rings. The molecule has 4 rings (SSSR count). The van der Waals surface area contributed by atoms with Gasteiger partial charge in [-0.3, -0.25) is 29.4 Å². The maximum Gasteiger partial charge on any atom is 0.294 e. The summed E-state index contributed by atoms with van der Waals surface area (Å²) in [4.78, 5) is 51.7. The van der Waals surface area contributed by atoms with Crippen LogP contribution in [-0.2, 0) is 14.3 Å². The van der Waals surface area contributed by atoms with Gasteiger partial charge < -0.3 is 15.0 Å². The first kappa shape index (κ1) is 24.7. The summed E-state index contributed by atoms with van der Waals surface area (Å²) in [6, 6.07) is 9.38. The summed E-state index contributed by atoms with van der Waals surface area (Å²) < 4.78 is 5.37. The highest BCUT2D eigenvalue weighted by Gasteiger charge is 2.36. The average molecular weight is 517 g/mol. The number of anilines is 2. The molecule has 0 aromatic heterocycles. The van der Waals surface area contributed by atoms with Crippen LogP contribution in [0.4, 0.5) is 21.9 Å². The topological polar surface area (TPSA) is 122 Å². The fourth-order valence-corrected chi connectivity index (χ4v) is 4.67. The molecule has 2 aromatic rings. The van der Waals surface area contributed by atoms with Crippen molar-refractivity contribution < 1.29 is 24.0 Å². The monoisotopic (exact) mass is 516 g/mol. The third-order valence-electron chi connectivity index (χ3n) is 5.49. The number of nitro benzene ring substituents is 1. The number of aryl methyl sites for hydroxylation is 1. The lowest BCUT2D eigenvalue weighted by molar-refractivity contribution is -0.384. The third kappa shape index (κ3) is 5.64. The first-order valence-electron chi connectivity index (χ1n) is 10.7. The van der Waals surface area contributed by atoms with E-state index in [4.69, 9.17) is 16.3 Å². The van der Waals surface area contributed by atoms with Gasteiger partial charge in [-0.25, -0.2) is 0 Å². The Balaban J connectivity index is 1.55. The molecular formula is C23H21ClN4O6S. The first-order chi connectivity index (χ1) is 16.7. The fraction of sp³-hybridized carbons (Fsp3) is 0.261. The molecule has 182 valence electrons. The zero-order valence-corrected chi connectivity index (χ0v) is 20.2. The number of amides is 3. The molecule has 1 N–H and O–H groups in total. The van der Waals surface area contributed by atoms with Crippen LogP contribution in [-0.4, -0.2) is 59.7 Å². The molecular weight excluding hydrogens is 496 g/mol. The lowest BCUT2D eigenvalue weighted by Crippen LogP contribution is -2.36. The van der Waals surface area contributed by atoms with Crippen LogP contribution >= 0.6 is 23.4 Å². The van der Waals surface area contributed by atoms with E-state index in [0.29, 0.717) is 60.0 Å². The molecule has 0 aliphatic carbocycles. The predicted molar refractivity (Wildman–Crippen MR) is 134 cm³/mol. The number of nitrogens with zero attached hydrogens (tertiary/aromatic N) is 3. The van der Waals surface area contributed by atoms with E-state index in [1.807, 2.05) is 11.8 Å². The Kier molecular flexibility index (Phi) is 7.39. The number of carbonyl (C=O) groups is 3. The van der Waals surface area contributed by atoms with Crippen LogP contribution in [0, 0.1) is 17.0 Å². The number of halogens is 1. The van der Waals surface area contributed by atoms with Gasteiger partial charge >= 0.3 is 0 Å². The summed E-state index contributed by atoms with van der Waals surface area (Å²) in [7, 11) is 0. The van der Waals surface area contributed by atoms with E-state index >= 15 is 0 Å². The number of ether oxygens (including phenoxy) is 1. The second kappa shape index (κ2) is 10.5. The van der Waals surface area contributed by atoms with E-state index < -0.39 is 28.5 Å². The summed E-state index contributed by atoms with van der Waals surface area (Å²) >= 11 is 6.76. The molecule has 0 radical (unpaired) electrons. The van der Waals surface area contributed by atoms with Gasteiger partial charge in [-0.1, -0.05) is 17.7 Å². The normalized spacial score (nSPS) is 17.3. The summed E-state index contributed by atoms with van der Waals surface area (Å²) in [6.45, 7) is 3.54. The Labute approximate surface area is 210 Å². The van der Waals surface area contributed by atoms with Gasteiger partial charge in [0, 0.05) is 47.2 Å². The number of rotatable bonds is 6. The number of thioether (sulfide) groups is 1. The molecule has 35 heavy (non-hydrogen) atoms. The van der Waals surface area contributed by atoms with Crippen LogP contribution in [0.25, 0.3) is 6.08 Å². The lowest BCUT2D eigenvalue weighted by atomic mass is 10.1. The van der Waals surface area contributed by atoms with Crippen molar-refractivity contribution in [2.45, 2.75) is 6.92 Å². The highest BCUT2D eigenvalue weighted by molar-refractivity contribution is 8.18. The maximum absolute atomic E-state index is 13.0. The number of hydrogen-bond donors (Lipinski definition) is 1. The minimum atomic E-state index is -0.642. The van der Waals surface area contributed by atoms with Crippen molar-refractivity contribution in [3.63, 3.8) is 0 Å². The molecule has 0 unspecified atom stereocenters. The van der Waals surface area contributed by atoms with E-state index in [0.717, 1.165) is 10.5 Å².